The second-order valence-electron chi connectivity index (χ2n) is 5.98. The zero-order valence-electron chi connectivity index (χ0n) is 12.4. The third-order valence-electron chi connectivity index (χ3n) is 4.88. The number of nitrogens with zero attached hydrogens (tertiary/aromatic N) is 1. The molecule has 0 spiro atoms. The maximum absolute atomic E-state index is 4.20. The number of rotatable bonds is 6. The van der Waals surface area contributed by atoms with Gasteiger partial charge < -0.3 is 5.32 Å². The highest BCUT2D eigenvalue weighted by Gasteiger charge is 2.25. The predicted molar refractivity (Wildman–Crippen MR) is 81.1 cm³/mol. The van der Waals surface area contributed by atoms with Gasteiger partial charge in [-0.2, -0.15) is 0 Å². The summed E-state index contributed by atoms with van der Waals surface area (Å²) in [6, 6.07) is 4.90. The number of hydrogen-bond donors (Lipinski definition) is 1. The van der Waals surface area contributed by atoms with Crippen molar-refractivity contribution in [3.63, 3.8) is 0 Å². The van der Waals surface area contributed by atoms with Crippen LogP contribution in [0, 0.1) is 11.8 Å². The van der Waals surface area contributed by atoms with Crippen LogP contribution >= 0.6 is 0 Å². The third kappa shape index (κ3) is 4.31. The first kappa shape index (κ1) is 14.5. The molecule has 0 aliphatic heterocycles. The first-order chi connectivity index (χ1) is 9.33. The number of aromatic nitrogens is 1. The minimum atomic E-state index is 0.679. The molecule has 0 aromatic carbocycles. The van der Waals surface area contributed by atoms with Gasteiger partial charge in [0.15, 0.2) is 0 Å². The Bertz CT molecular complexity index is 342. The highest BCUT2D eigenvalue weighted by Crippen LogP contribution is 2.33. The van der Waals surface area contributed by atoms with Gasteiger partial charge in [-0.15, -0.1) is 0 Å². The zero-order chi connectivity index (χ0) is 13.5. The van der Waals surface area contributed by atoms with Crippen LogP contribution < -0.4 is 5.32 Å². The Kier molecular flexibility index (Phi) is 5.84. The molecule has 0 saturated heterocycles. The molecule has 1 aliphatic rings. The van der Waals surface area contributed by atoms with Gasteiger partial charge in [0.25, 0.3) is 0 Å². The van der Waals surface area contributed by atoms with E-state index < -0.39 is 0 Å². The molecule has 1 fully saturated rings. The van der Waals surface area contributed by atoms with Crippen molar-refractivity contribution in [2.24, 2.45) is 11.8 Å². The summed E-state index contributed by atoms with van der Waals surface area (Å²) >= 11 is 0. The molecule has 1 aromatic heterocycles. The largest absolute Gasteiger partial charge is 0.317 e. The van der Waals surface area contributed by atoms with Gasteiger partial charge in [-0.25, -0.2) is 0 Å². The van der Waals surface area contributed by atoms with E-state index in [4.69, 9.17) is 0 Å². The summed E-state index contributed by atoms with van der Waals surface area (Å²) in [5, 5.41) is 3.55. The van der Waals surface area contributed by atoms with Crippen LogP contribution in [0.25, 0.3) is 0 Å². The van der Waals surface area contributed by atoms with Crippen LogP contribution in [0.5, 0.6) is 0 Å². The van der Waals surface area contributed by atoms with Crippen molar-refractivity contribution in [3.8, 4) is 0 Å². The fraction of sp³-hybridized carbons (Fsp3) is 0.706. The third-order valence-corrected chi connectivity index (χ3v) is 4.88. The van der Waals surface area contributed by atoms with Crippen molar-refractivity contribution in [2.75, 3.05) is 7.05 Å². The van der Waals surface area contributed by atoms with E-state index in [0.717, 1.165) is 18.3 Å². The Balaban J connectivity index is 1.80. The number of aryl methyl sites for hydroxylation is 1. The monoisotopic (exact) mass is 260 g/mol. The normalized spacial score (nSPS) is 25.2. The van der Waals surface area contributed by atoms with Gasteiger partial charge in [-0.1, -0.05) is 32.3 Å². The molecule has 1 aliphatic carbocycles. The highest BCUT2D eigenvalue weighted by molar-refractivity contribution is 5.08. The standard InChI is InChI=1S/C17H28N2/c1-3-14-6-9-16(10-7-14)17(18-2)11-8-15-5-4-12-19-13-15/h4-5,12-14,16-18H,3,6-11H2,1-2H3. The molecule has 2 rings (SSSR count). The first-order valence-corrected chi connectivity index (χ1v) is 7.89. The van der Waals surface area contributed by atoms with Crippen molar-refractivity contribution in [1.82, 2.24) is 10.3 Å². The summed E-state index contributed by atoms with van der Waals surface area (Å²) < 4.78 is 0. The summed E-state index contributed by atoms with van der Waals surface area (Å²) in [6.45, 7) is 2.34. The molecule has 1 N–H and O–H groups in total. The lowest BCUT2D eigenvalue weighted by Gasteiger charge is -2.33. The van der Waals surface area contributed by atoms with Crippen molar-refractivity contribution in [1.29, 1.82) is 0 Å². The van der Waals surface area contributed by atoms with E-state index in [1.165, 1.54) is 44.1 Å². The second kappa shape index (κ2) is 7.64. The summed E-state index contributed by atoms with van der Waals surface area (Å²) in [7, 11) is 2.12. The molecule has 2 heteroatoms. The molecule has 0 radical (unpaired) electrons. The van der Waals surface area contributed by atoms with Gasteiger partial charge in [0.05, 0.1) is 0 Å². The van der Waals surface area contributed by atoms with Crippen molar-refractivity contribution >= 4 is 0 Å². The van der Waals surface area contributed by atoms with E-state index >= 15 is 0 Å². The van der Waals surface area contributed by atoms with E-state index in [-0.39, 0.29) is 0 Å². The molecule has 0 amide bonds. The molecule has 1 saturated carbocycles. The molecule has 1 aromatic rings. The van der Waals surface area contributed by atoms with E-state index in [1.807, 2.05) is 18.5 Å². The average molecular weight is 260 g/mol. The van der Waals surface area contributed by atoms with Gasteiger partial charge in [0, 0.05) is 18.4 Å². The smallest absolute Gasteiger partial charge is 0.0299 e. The molecule has 2 nitrogen and oxygen atoms in total. The Morgan fingerprint density at radius 3 is 2.68 bits per heavy atom. The summed E-state index contributed by atoms with van der Waals surface area (Å²) in [5.74, 6) is 1.87. The second-order valence-corrected chi connectivity index (χ2v) is 5.98. The first-order valence-electron chi connectivity index (χ1n) is 7.89. The molecular weight excluding hydrogens is 232 g/mol. The Hall–Kier alpha value is -0.890. The maximum atomic E-state index is 4.20. The van der Waals surface area contributed by atoms with E-state index in [9.17, 15) is 0 Å². The fourth-order valence-electron chi connectivity index (χ4n) is 3.48. The molecule has 0 bridgehead atoms. The van der Waals surface area contributed by atoms with E-state index in [1.54, 1.807) is 0 Å². The highest BCUT2D eigenvalue weighted by atomic mass is 14.9. The summed E-state index contributed by atoms with van der Waals surface area (Å²) in [5.41, 5.74) is 1.37. The molecule has 1 atom stereocenters. The lowest BCUT2D eigenvalue weighted by atomic mass is 9.76. The van der Waals surface area contributed by atoms with E-state index in [2.05, 4.69) is 30.3 Å². The predicted octanol–water partition coefficient (Wildman–Crippen LogP) is 3.82. The Labute approximate surface area is 118 Å². The van der Waals surface area contributed by atoms with Crippen LogP contribution in [0.3, 0.4) is 0 Å². The minimum Gasteiger partial charge on any atom is -0.317 e. The zero-order valence-corrected chi connectivity index (χ0v) is 12.4. The molecule has 106 valence electrons. The topological polar surface area (TPSA) is 24.9 Å². The van der Waals surface area contributed by atoms with Crippen molar-refractivity contribution < 1.29 is 0 Å². The summed E-state index contributed by atoms with van der Waals surface area (Å²) in [6.07, 6.45) is 13.3. The number of pyridine rings is 1. The minimum absolute atomic E-state index is 0.679. The molecular formula is C17H28N2. The number of hydrogen-bond acceptors (Lipinski definition) is 2. The van der Waals surface area contributed by atoms with Crippen LogP contribution in [-0.2, 0) is 6.42 Å². The quantitative estimate of drug-likeness (QED) is 0.841. The van der Waals surface area contributed by atoms with Gasteiger partial charge in [-0.05, 0) is 56.2 Å². The Morgan fingerprint density at radius 1 is 1.32 bits per heavy atom. The average Bonchev–Trinajstić information content (AvgIpc) is 2.49. The van der Waals surface area contributed by atoms with Crippen molar-refractivity contribution in [2.45, 2.75) is 57.9 Å². The lowest BCUT2D eigenvalue weighted by molar-refractivity contribution is 0.216. The maximum Gasteiger partial charge on any atom is 0.0299 e. The SMILES string of the molecule is CCC1CCC(C(CCc2cccnc2)NC)CC1. The van der Waals surface area contributed by atoms with Crippen LogP contribution in [-0.4, -0.2) is 18.1 Å². The van der Waals surface area contributed by atoms with Crippen LogP contribution in [0.2, 0.25) is 0 Å². The molecule has 1 heterocycles. The van der Waals surface area contributed by atoms with Crippen molar-refractivity contribution in [3.05, 3.63) is 30.1 Å². The fourth-order valence-corrected chi connectivity index (χ4v) is 3.48. The van der Waals surface area contributed by atoms with Gasteiger partial charge in [-0.3, -0.25) is 4.98 Å². The van der Waals surface area contributed by atoms with Gasteiger partial charge >= 0.3 is 0 Å². The molecule has 19 heavy (non-hydrogen) atoms. The van der Waals surface area contributed by atoms with E-state index in [0.29, 0.717) is 6.04 Å². The van der Waals surface area contributed by atoms with Crippen LogP contribution in [0.1, 0.15) is 51.0 Å². The summed E-state index contributed by atoms with van der Waals surface area (Å²) in [4.78, 5) is 4.20. The Morgan fingerprint density at radius 2 is 2.11 bits per heavy atom. The lowest BCUT2D eigenvalue weighted by Crippen LogP contribution is -2.36. The van der Waals surface area contributed by atoms with Crippen LogP contribution in [0.15, 0.2) is 24.5 Å². The molecule has 1 unspecified atom stereocenters. The number of nitrogens with one attached hydrogen (secondary N) is 1. The van der Waals surface area contributed by atoms with Gasteiger partial charge in [0.1, 0.15) is 0 Å². The van der Waals surface area contributed by atoms with Gasteiger partial charge in [0.2, 0.25) is 0 Å². The van der Waals surface area contributed by atoms with Crippen LogP contribution in [0.4, 0.5) is 0 Å².